The first-order valence-corrected chi connectivity index (χ1v) is 5.89. The van der Waals surface area contributed by atoms with Crippen LogP contribution >= 0.6 is 15.9 Å². The Kier molecular flexibility index (Phi) is 3.26. The fraction of sp³-hybridized carbons (Fsp3) is 0.455. The van der Waals surface area contributed by atoms with Crippen LogP contribution in [0.25, 0.3) is 0 Å². The van der Waals surface area contributed by atoms with Gasteiger partial charge in [-0.05, 0) is 25.1 Å². The van der Waals surface area contributed by atoms with Crippen LogP contribution in [0, 0.1) is 5.82 Å². The van der Waals surface area contributed by atoms with E-state index in [4.69, 9.17) is 0 Å². The molecule has 1 aliphatic rings. The van der Waals surface area contributed by atoms with E-state index in [1.165, 1.54) is 6.07 Å². The summed E-state index contributed by atoms with van der Waals surface area (Å²) in [5.41, 5.74) is 0.692. The predicted octanol–water partition coefficient (Wildman–Crippen LogP) is 2.39. The minimum atomic E-state index is -0.146. The Labute approximate surface area is 97.6 Å². The van der Waals surface area contributed by atoms with E-state index in [-0.39, 0.29) is 5.82 Å². The molecule has 1 fully saturated rings. The third-order valence-corrected chi connectivity index (χ3v) is 3.11. The minimum absolute atomic E-state index is 0.146. The highest BCUT2D eigenvalue weighted by Gasteiger charge is 2.18. The maximum absolute atomic E-state index is 13.6. The van der Waals surface area contributed by atoms with Gasteiger partial charge in [-0.1, -0.05) is 15.9 Å². The van der Waals surface area contributed by atoms with Crippen LogP contribution in [0.2, 0.25) is 0 Å². The molecule has 0 radical (unpaired) electrons. The molecule has 0 aromatic heterocycles. The number of nitrogens with one attached hydrogen (secondary N) is 1. The second-order valence-electron chi connectivity index (χ2n) is 3.90. The zero-order valence-corrected chi connectivity index (χ0v) is 10.2. The molecule has 1 aromatic carbocycles. The lowest BCUT2D eigenvalue weighted by Gasteiger charge is -2.33. The van der Waals surface area contributed by atoms with Crippen LogP contribution in [0.5, 0.6) is 0 Å². The Morgan fingerprint density at radius 2 is 2.33 bits per heavy atom. The summed E-state index contributed by atoms with van der Waals surface area (Å²) in [7, 11) is 0. The molecule has 82 valence electrons. The maximum Gasteiger partial charge on any atom is 0.146 e. The topological polar surface area (TPSA) is 15.3 Å². The number of nitrogens with zero attached hydrogens (tertiary/aromatic N) is 1. The van der Waals surface area contributed by atoms with Crippen molar-refractivity contribution in [1.29, 1.82) is 0 Å². The molecule has 0 saturated carbocycles. The Morgan fingerprint density at radius 1 is 1.53 bits per heavy atom. The van der Waals surface area contributed by atoms with Crippen molar-refractivity contribution in [3.8, 4) is 0 Å². The van der Waals surface area contributed by atoms with Gasteiger partial charge in [-0.2, -0.15) is 0 Å². The highest BCUT2D eigenvalue weighted by Crippen LogP contribution is 2.24. The lowest BCUT2D eigenvalue weighted by molar-refractivity contribution is 0.478. The van der Waals surface area contributed by atoms with Crippen LogP contribution in [0.1, 0.15) is 6.92 Å². The van der Waals surface area contributed by atoms with Crippen LogP contribution in [0.3, 0.4) is 0 Å². The molecule has 1 atom stereocenters. The van der Waals surface area contributed by atoms with Gasteiger partial charge < -0.3 is 10.2 Å². The molecule has 15 heavy (non-hydrogen) atoms. The Balaban J connectivity index is 2.24. The number of benzene rings is 1. The van der Waals surface area contributed by atoms with Gasteiger partial charge in [0.15, 0.2) is 0 Å². The standard InChI is InChI=1S/C11H14BrFN2/c1-8-7-15(5-4-14-8)11-6-9(12)2-3-10(11)13/h2-3,6,8,14H,4-5,7H2,1H3. The number of hydrogen-bond donors (Lipinski definition) is 1. The lowest BCUT2D eigenvalue weighted by atomic mass is 10.2. The van der Waals surface area contributed by atoms with E-state index in [0.717, 1.165) is 24.1 Å². The summed E-state index contributed by atoms with van der Waals surface area (Å²) in [6.07, 6.45) is 0. The second-order valence-corrected chi connectivity index (χ2v) is 4.81. The fourth-order valence-electron chi connectivity index (χ4n) is 1.88. The predicted molar refractivity (Wildman–Crippen MR) is 63.8 cm³/mol. The van der Waals surface area contributed by atoms with E-state index in [0.29, 0.717) is 11.7 Å². The maximum atomic E-state index is 13.6. The fourth-order valence-corrected chi connectivity index (χ4v) is 2.23. The summed E-state index contributed by atoms with van der Waals surface area (Å²) in [6.45, 7) is 4.74. The van der Waals surface area contributed by atoms with Crippen molar-refractivity contribution in [3.63, 3.8) is 0 Å². The van der Waals surface area contributed by atoms with Gasteiger partial charge in [0, 0.05) is 30.1 Å². The molecule has 1 N–H and O–H groups in total. The van der Waals surface area contributed by atoms with E-state index in [2.05, 4.69) is 33.1 Å². The van der Waals surface area contributed by atoms with Crippen LogP contribution in [0.15, 0.2) is 22.7 Å². The van der Waals surface area contributed by atoms with Crippen molar-refractivity contribution in [2.24, 2.45) is 0 Å². The van der Waals surface area contributed by atoms with Crippen molar-refractivity contribution in [2.75, 3.05) is 24.5 Å². The zero-order valence-electron chi connectivity index (χ0n) is 8.63. The molecular formula is C11H14BrFN2. The summed E-state index contributed by atoms with van der Waals surface area (Å²) < 4.78 is 14.5. The smallest absolute Gasteiger partial charge is 0.146 e. The van der Waals surface area contributed by atoms with Crippen molar-refractivity contribution >= 4 is 21.6 Å². The van der Waals surface area contributed by atoms with Gasteiger partial charge in [-0.15, -0.1) is 0 Å². The first kappa shape index (κ1) is 10.9. The summed E-state index contributed by atoms with van der Waals surface area (Å²) in [4.78, 5) is 2.08. The van der Waals surface area contributed by atoms with Crippen molar-refractivity contribution < 1.29 is 4.39 Å². The summed E-state index contributed by atoms with van der Waals surface area (Å²) in [5, 5.41) is 3.34. The van der Waals surface area contributed by atoms with Gasteiger partial charge in [0.2, 0.25) is 0 Å². The Hall–Kier alpha value is -0.610. The van der Waals surface area contributed by atoms with Crippen LogP contribution in [0.4, 0.5) is 10.1 Å². The van der Waals surface area contributed by atoms with Gasteiger partial charge in [0.25, 0.3) is 0 Å². The quantitative estimate of drug-likeness (QED) is 0.845. The second kappa shape index (κ2) is 4.49. The molecule has 0 aliphatic carbocycles. The first-order chi connectivity index (χ1) is 7.16. The third-order valence-electron chi connectivity index (χ3n) is 2.62. The van der Waals surface area contributed by atoms with Gasteiger partial charge in [-0.3, -0.25) is 0 Å². The van der Waals surface area contributed by atoms with E-state index < -0.39 is 0 Å². The minimum Gasteiger partial charge on any atom is -0.366 e. The number of halogens is 2. The SMILES string of the molecule is CC1CN(c2cc(Br)ccc2F)CCN1. The molecule has 1 saturated heterocycles. The zero-order chi connectivity index (χ0) is 10.8. The molecule has 2 nitrogen and oxygen atoms in total. The van der Waals surface area contributed by atoms with Gasteiger partial charge >= 0.3 is 0 Å². The molecule has 1 heterocycles. The van der Waals surface area contributed by atoms with E-state index >= 15 is 0 Å². The molecule has 0 spiro atoms. The average molecular weight is 273 g/mol. The van der Waals surface area contributed by atoms with Crippen LogP contribution < -0.4 is 10.2 Å². The largest absolute Gasteiger partial charge is 0.366 e. The van der Waals surface area contributed by atoms with E-state index in [1.807, 2.05) is 6.07 Å². The van der Waals surface area contributed by atoms with E-state index in [9.17, 15) is 4.39 Å². The van der Waals surface area contributed by atoms with E-state index in [1.54, 1.807) is 6.07 Å². The normalized spacial score (nSPS) is 21.8. The number of anilines is 1. The van der Waals surface area contributed by atoms with Crippen molar-refractivity contribution in [3.05, 3.63) is 28.5 Å². The molecular weight excluding hydrogens is 259 g/mol. The molecule has 1 aromatic rings. The molecule has 0 amide bonds. The number of piperazine rings is 1. The van der Waals surface area contributed by atoms with Gasteiger partial charge in [-0.25, -0.2) is 4.39 Å². The first-order valence-electron chi connectivity index (χ1n) is 5.10. The van der Waals surface area contributed by atoms with Crippen molar-refractivity contribution in [1.82, 2.24) is 5.32 Å². The van der Waals surface area contributed by atoms with Crippen LogP contribution in [-0.2, 0) is 0 Å². The average Bonchev–Trinajstić information content (AvgIpc) is 2.22. The van der Waals surface area contributed by atoms with Gasteiger partial charge in [0.1, 0.15) is 5.82 Å². The highest BCUT2D eigenvalue weighted by molar-refractivity contribution is 9.10. The molecule has 4 heteroatoms. The Bertz CT molecular complexity index is 356. The lowest BCUT2D eigenvalue weighted by Crippen LogP contribution is -2.49. The summed E-state index contributed by atoms with van der Waals surface area (Å²) in [6, 6.07) is 5.49. The summed E-state index contributed by atoms with van der Waals surface area (Å²) >= 11 is 3.37. The molecule has 1 aliphatic heterocycles. The highest BCUT2D eigenvalue weighted by atomic mass is 79.9. The van der Waals surface area contributed by atoms with Crippen molar-refractivity contribution in [2.45, 2.75) is 13.0 Å². The van der Waals surface area contributed by atoms with Gasteiger partial charge in [0.05, 0.1) is 5.69 Å². The third kappa shape index (κ3) is 2.49. The monoisotopic (exact) mass is 272 g/mol. The Morgan fingerprint density at radius 3 is 3.07 bits per heavy atom. The van der Waals surface area contributed by atoms with Crippen LogP contribution in [-0.4, -0.2) is 25.7 Å². The molecule has 2 rings (SSSR count). The molecule has 1 unspecified atom stereocenters. The summed E-state index contributed by atoms with van der Waals surface area (Å²) in [5.74, 6) is -0.146. The molecule has 0 bridgehead atoms. The number of rotatable bonds is 1. The number of hydrogen-bond acceptors (Lipinski definition) is 2.